The lowest BCUT2D eigenvalue weighted by Gasteiger charge is -2.45. The van der Waals surface area contributed by atoms with Gasteiger partial charge in [0.15, 0.2) is 0 Å². The third kappa shape index (κ3) is 3.82. The molecular weight excluding hydrogens is 316 g/mol. The molecule has 1 N–H and O–H groups in total. The fraction of sp³-hybridized carbons (Fsp3) is 0.650. The summed E-state index contributed by atoms with van der Waals surface area (Å²) >= 11 is 0. The van der Waals surface area contributed by atoms with Crippen LogP contribution in [0.5, 0.6) is 0 Å². The second kappa shape index (κ2) is 6.96. The van der Waals surface area contributed by atoms with Gasteiger partial charge in [-0.3, -0.25) is 0 Å². The summed E-state index contributed by atoms with van der Waals surface area (Å²) < 4.78 is 12.4. The van der Waals surface area contributed by atoms with Gasteiger partial charge in [0.2, 0.25) is 0 Å². The molecule has 1 fully saturated rings. The van der Waals surface area contributed by atoms with Crippen molar-refractivity contribution in [1.29, 1.82) is 0 Å². The Balaban J connectivity index is 1.82. The molecule has 5 heteroatoms. The van der Waals surface area contributed by atoms with Crippen LogP contribution in [0.15, 0.2) is 35.3 Å². The summed E-state index contributed by atoms with van der Waals surface area (Å²) in [7, 11) is 3.87. The molecule has 0 radical (unpaired) electrons. The van der Waals surface area contributed by atoms with Gasteiger partial charge >= 0.3 is 0 Å². The smallest absolute Gasteiger partial charge is 0.287 e. The number of fused-ring (bicyclic) bond motifs is 1. The monoisotopic (exact) mass is 346 g/mol. The fourth-order valence-corrected chi connectivity index (χ4v) is 4.09. The van der Waals surface area contributed by atoms with E-state index in [1.54, 1.807) is 0 Å². The maximum Gasteiger partial charge on any atom is 0.287 e. The molecule has 0 spiro atoms. The Morgan fingerprint density at radius 1 is 1.28 bits per heavy atom. The first-order chi connectivity index (χ1) is 11.8. The highest BCUT2D eigenvalue weighted by Gasteiger charge is 2.51. The first-order valence-electron chi connectivity index (χ1n) is 9.07. The van der Waals surface area contributed by atoms with Gasteiger partial charge in [0, 0.05) is 14.1 Å². The van der Waals surface area contributed by atoms with E-state index in [0.717, 1.165) is 12.0 Å². The molecule has 3 rings (SSSR count). The topological polar surface area (TPSA) is 54.3 Å². The highest BCUT2D eigenvalue weighted by molar-refractivity contribution is 5.75. The summed E-state index contributed by atoms with van der Waals surface area (Å²) in [6.45, 7) is 6.47. The van der Waals surface area contributed by atoms with Gasteiger partial charge in [-0.15, -0.1) is 0 Å². The normalized spacial score (nSPS) is 31.9. The predicted molar refractivity (Wildman–Crippen MR) is 98.4 cm³/mol. The van der Waals surface area contributed by atoms with E-state index in [2.05, 4.69) is 19.1 Å². The Hall–Kier alpha value is -1.59. The average Bonchev–Trinajstić information content (AvgIpc) is 2.97. The molecule has 1 aromatic rings. The van der Waals surface area contributed by atoms with Gasteiger partial charge in [0.25, 0.3) is 6.02 Å². The second-order valence-corrected chi connectivity index (χ2v) is 8.07. The van der Waals surface area contributed by atoms with Crippen LogP contribution in [-0.4, -0.2) is 54.0 Å². The fourth-order valence-electron chi connectivity index (χ4n) is 4.09. The Kier molecular flexibility index (Phi) is 5.07. The molecule has 1 aromatic carbocycles. The van der Waals surface area contributed by atoms with Crippen LogP contribution in [0.2, 0.25) is 0 Å². The van der Waals surface area contributed by atoms with Gasteiger partial charge < -0.3 is 19.5 Å². The number of aliphatic imine (C=N–C) groups is 1. The van der Waals surface area contributed by atoms with Crippen LogP contribution in [0.3, 0.4) is 0 Å². The molecule has 5 nitrogen and oxygen atoms in total. The molecule has 138 valence electrons. The van der Waals surface area contributed by atoms with Crippen LogP contribution in [0.25, 0.3) is 0 Å². The quantitative estimate of drug-likeness (QED) is 0.911. The summed E-state index contributed by atoms with van der Waals surface area (Å²) in [6, 6.07) is 10.8. The van der Waals surface area contributed by atoms with Crippen LogP contribution >= 0.6 is 0 Å². The highest BCUT2D eigenvalue weighted by atomic mass is 16.5. The molecule has 1 aliphatic heterocycles. The molecule has 0 saturated heterocycles. The van der Waals surface area contributed by atoms with Crippen molar-refractivity contribution in [3.05, 3.63) is 35.9 Å². The molecule has 1 aliphatic carbocycles. The number of benzene rings is 1. The molecule has 1 saturated carbocycles. The van der Waals surface area contributed by atoms with E-state index >= 15 is 0 Å². The molecule has 5 atom stereocenters. The van der Waals surface area contributed by atoms with Crippen LogP contribution in [-0.2, 0) is 16.1 Å². The maximum atomic E-state index is 10.7. The first kappa shape index (κ1) is 18.2. The number of amidine groups is 1. The van der Waals surface area contributed by atoms with Gasteiger partial charge in [0.05, 0.1) is 18.3 Å². The SMILES string of the molecule is C[C@H]1[C@H](OCc2ccccc2)[C@H]2N=C(N(C)C)O[C@H]2C[C@@H]1C(C)(C)O. The summed E-state index contributed by atoms with van der Waals surface area (Å²) in [5, 5.41) is 10.7. The zero-order chi connectivity index (χ0) is 18.2. The second-order valence-electron chi connectivity index (χ2n) is 8.07. The lowest BCUT2D eigenvalue weighted by atomic mass is 9.68. The number of nitrogens with zero attached hydrogens (tertiary/aromatic N) is 2. The minimum atomic E-state index is -0.775. The standard InChI is InChI=1S/C20H30N2O3/c1-13-15(20(2,3)23)11-16-17(21-19(25-16)22(4)5)18(13)24-12-14-9-7-6-8-10-14/h6-10,13,15-18,23H,11-12H2,1-5H3/t13-,15+,16+,17+,18+/m1/s1. The Bertz CT molecular complexity index is 609. The number of hydrogen-bond acceptors (Lipinski definition) is 5. The van der Waals surface area contributed by atoms with E-state index < -0.39 is 5.60 Å². The number of ether oxygens (including phenoxy) is 2. The van der Waals surface area contributed by atoms with Crippen molar-refractivity contribution in [2.75, 3.05) is 14.1 Å². The largest absolute Gasteiger partial charge is 0.459 e. The first-order valence-corrected chi connectivity index (χ1v) is 9.07. The zero-order valence-corrected chi connectivity index (χ0v) is 15.8. The minimum Gasteiger partial charge on any atom is -0.459 e. The number of hydrogen-bond donors (Lipinski definition) is 1. The van der Waals surface area contributed by atoms with E-state index in [1.165, 1.54) is 0 Å². The van der Waals surface area contributed by atoms with Crippen LogP contribution in [0, 0.1) is 11.8 Å². The van der Waals surface area contributed by atoms with Crippen LogP contribution in [0.1, 0.15) is 32.8 Å². The molecule has 1 heterocycles. The van der Waals surface area contributed by atoms with Crippen molar-refractivity contribution in [3.8, 4) is 0 Å². The van der Waals surface area contributed by atoms with Gasteiger partial charge in [-0.1, -0.05) is 37.3 Å². The van der Waals surface area contributed by atoms with Crippen molar-refractivity contribution in [2.24, 2.45) is 16.8 Å². The molecular formula is C20H30N2O3. The third-order valence-corrected chi connectivity index (χ3v) is 5.45. The van der Waals surface area contributed by atoms with Crippen molar-refractivity contribution < 1.29 is 14.6 Å². The molecule has 0 unspecified atom stereocenters. The Morgan fingerprint density at radius 3 is 2.56 bits per heavy atom. The number of rotatable bonds is 4. The molecule has 2 aliphatic rings. The average molecular weight is 346 g/mol. The minimum absolute atomic E-state index is 0.0188. The zero-order valence-electron chi connectivity index (χ0n) is 15.8. The third-order valence-electron chi connectivity index (χ3n) is 5.45. The lowest BCUT2D eigenvalue weighted by Crippen LogP contribution is -2.54. The highest BCUT2D eigenvalue weighted by Crippen LogP contribution is 2.43. The summed E-state index contributed by atoms with van der Waals surface area (Å²) in [5.41, 5.74) is 0.371. The summed E-state index contributed by atoms with van der Waals surface area (Å²) in [6.07, 6.45) is 0.681. The number of aliphatic hydroxyl groups is 1. The molecule has 0 amide bonds. The van der Waals surface area contributed by atoms with E-state index in [-0.39, 0.29) is 30.1 Å². The van der Waals surface area contributed by atoms with E-state index in [9.17, 15) is 5.11 Å². The summed E-state index contributed by atoms with van der Waals surface area (Å²) in [5.74, 6) is 0.296. The van der Waals surface area contributed by atoms with Gasteiger partial charge in [-0.05, 0) is 37.7 Å². The molecule has 0 bridgehead atoms. The van der Waals surface area contributed by atoms with E-state index in [1.807, 2.05) is 51.0 Å². The van der Waals surface area contributed by atoms with Crippen molar-refractivity contribution in [1.82, 2.24) is 4.90 Å². The van der Waals surface area contributed by atoms with E-state index in [4.69, 9.17) is 14.5 Å². The lowest BCUT2D eigenvalue weighted by molar-refractivity contribution is -0.124. The molecule has 25 heavy (non-hydrogen) atoms. The van der Waals surface area contributed by atoms with Crippen molar-refractivity contribution >= 4 is 6.02 Å². The van der Waals surface area contributed by atoms with Gasteiger partial charge in [0.1, 0.15) is 12.1 Å². The summed E-state index contributed by atoms with van der Waals surface area (Å²) in [4.78, 5) is 6.68. The predicted octanol–water partition coefficient (Wildman–Crippen LogP) is 2.68. The van der Waals surface area contributed by atoms with Crippen molar-refractivity contribution in [2.45, 2.75) is 57.6 Å². The van der Waals surface area contributed by atoms with Gasteiger partial charge in [-0.2, -0.15) is 0 Å². The van der Waals surface area contributed by atoms with Crippen LogP contribution in [0.4, 0.5) is 0 Å². The van der Waals surface area contributed by atoms with Crippen molar-refractivity contribution in [3.63, 3.8) is 0 Å². The Morgan fingerprint density at radius 2 is 1.96 bits per heavy atom. The molecule has 0 aromatic heterocycles. The van der Waals surface area contributed by atoms with E-state index in [0.29, 0.717) is 12.6 Å². The Labute approximate surface area is 150 Å². The maximum absolute atomic E-state index is 10.7. The van der Waals surface area contributed by atoms with Gasteiger partial charge in [-0.25, -0.2) is 4.99 Å². The van der Waals surface area contributed by atoms with Crippen LogP contribution < -0.4 is 0 Å².